The van der Waals surface area contributed by atoms with Crippen molar-refractivity contribution in [1.82, 2.24) is 5.32 Å². The fraction of sp³-hybridized carbons (Fsp3) is 0.550. The number of esters is 1. The van der Waals surface area contributed by atoms with Gasteiger partial charge in [0.1, 0.15) is 0 Å². The molecule has 1 fully saturated rings. The van der Waals surface area contributed by atoms with Gasteiger partial charge in [0.15, 0.2) is 6.61 Å². The van der Waals surface area contributed by atoms with E-state index in [1.807, 2.05) is 0 Å². The van der Waals surface area contributed by atoms with E-state index >= 15 is 0 Å². The summed E-state index contributed by atoms with van der Waals surface area (Å²) in [4.78, 5) is 35.6. The maximum absolute atomic E-state index is 12.0. The fourth-order valence-corrected chi connectivity index (χ4v) is 3.91. The molecule has 0 unspecified atom stereocenters. The van der Waals surface area contributed by atoms with E-state index in [1.165, 1.54) is 6.42 Å². The first kappa shape index (κ1) is 22.6. The van der Waals surface area contributed by atoms with Gasteiger partial charge in [-0.05, 0) is 42.5 Å². The second-order valence-corrected chi connectivity index (χ2v) is 8.57. The molecule has 2 N–H and O–H groups in total. The van der Waals surface area contributed by atoms with Crippen molar-refractivity contribution in [2.45, 2.75) is 39.2 Å². The zero-order valence-electron chi connectivity index (χ0n) is 16.2. The maximum Gasteiger partial charge on any atom is 0.316 e. The molecule has 0 radical (unpaired) electrons. The Hall–Kier alpha value is -1.73. The van der Waals surface area contributed by atoms with E-state index in [2.05, 4.69) is 24.5 Å². The summed E-state index contributed by atoms with van der Waals surface area (Å²) in [6, 6.07) is 6.90. The number of amides is 2. The van der Waals surface area contributed by atoms with Gasteiger partial charge in [-0.15, -0.1) is 11.8 Å². The van der Waals surface area contributed by atoms with Gasteiger partial charge < -0.3 is 15.4 Å². The zero-order chi connectivity index (χ0) is 20.5. The van der Waals surface area contributed by atoms with Gasteiger partial charge in [0.2, 0.25) is 5.91 Å². The van der Waals surface area contributed by atoms with E-state index in [1.54, 1.807) is 24.3 Å². The predicted molar refractivity (Wildman–Crippen MR) is 112 cm³/mol. The first-order valence-corrected chi connectivity index (χ1v) is 11.0. The van der Waals surface area contributed by atoms with Gasteiger partial charge in [-0.1, -0.05) is 38.3 Å². The number of hydrogen-bond acceptors (Lipinski definition) is 5. The third-order valence-electron chi connectivity index (χ3n) is 5.00. The fourth-order valence-electron chi connectivity index (χ4n) is 3.18. The summed E-state index contributed by atoms with van der Waals surface area (Å²) < 4.78 is 5.00. The summed E-state index contributed by atoms with van der Waals surface area (Å²) in [7, 11) is 0. The van der Waals surface area contributed by atoms with Gasteiger partial charge in [0.25, 0.3) is 5.91 Å². The van der Waals surface area contributed by atoms with Crippen molar-refractivity contribution in [1.29, 1.82) is 0 Å². The molecule has 8 heteroatoms. The largest absolute Gasteiger partial charge is 0.455 e. The summed E-state index contributed by atoms with van der Waals surface area (Å²) in [5, 5.41) is 6.26. The Morgan fingerprint density at radius 3 is 2.54 bits per heavy atom. The van der Waals surface area contributed by atoms with Crippen molar-refractivity contribution < 1.29 is 19.1 Å². The van der Waals surface area contributed by atoms with Gasteiger partial charge >= 0.3 is 5.97 Å². The summed E-state index contributed by atoms with van der Waals surface area (Å²) in [5.74, 6) is 0.118. The van der Waals surface area contributed by atoms with Crippen molar-refractivity contribution in [2.75, 3.05) is 23.4 Å². The molecule has 154 valence electrons. The Balaban J connectivity index is 1.59. The third kappa shape index (κ3) is 7.72. The van der Waals surface area contributed by atoms with E-state index in [4.69, 9.17) is 16.3 Å². The highest BCUT2D eigenvalue weighted by atomic mass is 35.5. The van der Waals surface area contributed by atoms with Crippen LogP contribution in [0.4, 0.5) is 5.69 Å². The number of halogens is 1. The van der Waals surface area contributed by atoms with Crippen LogP contribution in [0.15, 0.2) is 24.3 Å². The van der Waals surface area contributed by atoms with Crippen LogP contribution < -0.4 is 10.6 Å². The van der Waals surface area contributed by atoms with Crippen molar-refractivity contribution in [3.8, 4) is 0 Å². The van der Waals surface area contributed by atoms with Crippen molar-refractivity contribution in [3.63, 3.8) is 0 Å². The summed E-state index contributed by atoms with van der Waals surface area (Å²) in [6.07, 6.45) is 3.25. The number of rotatable bonds is 8. The lowest BCUT2D eigenvalue weighted by Crippen LogP contribution is -2.45. The lowest BCUT2D eigenvalue weighted by Gasteiger charge is -2.34. The summed E-state index contributed by atoms with van der Waals surface area (Å²) in [5.41, 5.74) is 0.639. The molecule has 0 spiro atoms. The van der Waals surface area contributed by atoms with Crippen LogP contribution in [-0.2, 0) is 19.1 Å². The van der Waals surface area contributed by atoms with Crippen LogP contribution in [0.3, 0.4) is 0 Å². The topological polar surface area (TPSA) is 84.5 Å². The van der Waals surface area contributed by atoms with Crippen LogP contribution in [0.2, 0.25) is 5.02 Å². The molecule has 2 rings (SSSR count). The second kappa shape index (κ2) is 11.3. The molecule has 1 aliphatic carbocycles. The number of ether oxygens (including phenoxy) is 1. The lowest BCUT2D eigenvalue weighted by atomic mass is 9.78. The summed E-state index contributed by atoms with van der Waals surface area (Å²) in [6.45, 7) is 4.06. The quantitative estimate of drug-likeness (QED) is 0.621. The van der Waals surface area contributed by atoms with E-state index in [0.29, 0.717) is 22.5 Å². The van der Waals surface area contributed by atoms with Crippen LogP contribution in [0.5, 0.6) is 0 Å². The highest BCUT2D eigenvalue weighted by Gasteiger charge is 2.28. The first-order chi connectivity index (χ1) is 13.3. The molecule has 1 aliphatic rings. The maximum atomic E-state index is 12.0. The molecule has 28 heavy (non-hydrogen) atoms. The Kier molecular flexibility index (Phi) is 9.12. The molecule has 3 atom stereocenters. The molecule has 0 bridgehead atoms. The number of benzene rings is 1. The molecule has 1 aromatic rings. The van der Waals surface area contributed by atoms with E-state index in [9.17, 15) is 14.4 Å². The minimum absolute atomic E-state index is 0.0121. The van der Waals surface area contributed by atoms with Gasteiger partial charge in [0.05, 0.1) is 11.5 Å². The van der Waals surface area contributed by atoms with Gasteiger partial charge in [-0.3, -0.25) is 14.4 Å². The summed E-state index contributed by atoms with van der Waals surface area (Å²) >= 11 is 6.93. The Morgan fingerprint density at radius 1 is 1.11 bits per heavy atom. The van der Waals surface area contributed by atoms with E-state index in [-0.39, 0.29) is 36.0 Å². The number of nitrogens with one attached hydrogen (secondary N) is 2. The standard InChI is InChI=1S/C20H27ClN2O4S/c1-13-4-3-5-17(14(13)2)23-18(24)10-27-20(26)12-28-11-19(25)22-16-8-6-15(21)7-9-16/h6-9,13-14,17H,3-5,10-12H2,1-2H3,(H,22,25)(H,23,24)/t13-,14+,17+/m0/s1. The minimum atomic E-state index is -0.510. The smallest absolute Gasteiger partial charge is 0.316 e. The number of carbonyl (C=O) groups is 3. The number of thioether (sulfide) groups is 1. The van der Waals surface area contributed by atoms with Gasteiger partial charge in [-0.25, -0.2) is 0 Å². The van der Waals surface area contributed by atoms with Crippen LogP contribution in [-0.4, -0.2) is 41.9 Å². The monoisotopic (exact) mass is 426 g/mol. The molecule has 0 heterocycles. The molecule has 0 aromatic heterocycles. The highest BCUT2D eigenvalue weighted by Crippen LogP contribution is 2.29. The molecule has 6 nitrogen and oxygen atoms in total. The zero-order valence-corrected chi connectivity index (χ0v) is 17.8. The first-order valence-electron chi connectivity index (χ1n) is 9.43. The SMILES string of the molecule is C[C@@H]1[C@@H](C)CCC[C@H]1NC(=O)COC(=O)CSCC(=O)Nc1ccc(Cl)cc1. The molecule has 0 aliphatic heterocycles. The van der Waals surface area contributed by atoms with Crippen LogP contribution in [0.1, 0.15) is 33.1 Å². The van der Waals surface area contributed by atoms with Gasteiger partial charge in [-0.2, -0.15) is 0 Å². The van der Waals surface area contributed by atoms with E-state index in [0.717, 1.165) is 24.6 Å². The van der Waals surface area contributed by atoms with Crippen molar-refractivity contribution in [3.05, 3.63) is 29.3 Å². The molecule has 0 saturated heterocycles. The van der Waals surface area contributed by atoms with Crippen LogP contribution in [0.25, 0.3) is 0 Å². The number of anilines is 1. The lowest BCUT2D eigenvalue weighted by molar-refractivity contribution is -0.146. The van der Waals surface area contributed by atoms with Gasteiger partial charge in [0, 0.05) is 16.8 Å². The van der Waals surface area contributed by atoms with Crippen molar-refractivity contribution in [2.24, 2.45) is 11.8 Å². The Morgan fingerprint density at radius 2 is 1.82 bits per heavy atom. The molecular formula is C20H27ClN2O4S. The average Bonchev–Trinajstić information content (AvgIpc) is 2.66. The molecule has 2 amide bonds. The minimum Gasteiger partial charge on any atom is -0.455 e. The third-order valence-corrected chi connectivity index (χ3v) is 6.16. The van der Waals surface area contributed by atoms with Crippen molar-refractivity contribution >= 4 is 46.8 Å². The number of carbonyl (C=O) groups excluding carboxylic acids is 3. The second-order valence-electron chi connectivity index (χ2n) is 7.15. The average molecular weight is 427 g/mol. The Labute approximate surface area is 175 Å². The number of hydrogen-bond donors (Lipinski definition) is 2. The van der Waals surface area contributed by atoms with E-state index < -0.39 is 5.97 Å². The normalized spacial score (nSPS) is 21.6. The molecule has 1 saturated carbocycles. The highest BCUT2D eigenvalue weighted by molar-refractivity contribution is 8.00. The Bertz CT molecular complexity index is 683. The van der Waals surface area contributed by atoms with Crippen LogP contribution in [0, 0.1) is 11.8 Å². The molecule has 1 aromatic carbocycles. The molecular weight excluding hydrogens is 400 g/mol. The van der Waals surface area contributed by atoms with Crippen LogP contribution >= 0.6 is 23.4 Å². The predicted octanol–water partition coefficient (Wildman–Crippen LogP) is 3.50.